The Morgan fingerprint density at radius 3 is 1.77 bits per heavy atom. The molecule has 0 aliphatic heterocycles. The first-order valence-electron chi connectivity index (χ1n) is 7.72. The van der Waals surface area contributed by atoms with Gasteiger partial charge in [-0.15, -0.1) is 0 Å². The molecule has 0 aliphatic rings. The van der Waals surface area contributed by atoms with Gasteiger partial charge in [0, 0.05) is 5.56 Å². The molecule has 2 aromatic carbocycles. The van der Waals surface area contributed by atoms with Gasteiger partial charge >= 0.3 is 0 Å². The van der Waals surface area contributed by atoms with E-state index in [0.29, 0.717) is 0 Å². The third kappa shape index (κ3) is 4.75. The number of rotatable bonds is 5. The molecule has 0 aliphatic carbocycles. The minimum absolute atomic E-state index is 0.878. The molecule has 0 amide bonds. The van der Waals surface area contributed by atoms with Gasteiger partial charge in [0.05, 0.1) is 0 Å². The van der Waals surface area contributed by atoms with Crippen LogP contribution in [0.4, 0.5) is 0 Å². The van der Waals surface area contributed by atoms with Gasteiger partial charge in [0.2, 0.25) is 16.6 Å². The second kappa shape index (κ2) is 6.30. The first kappa shape index (κ1) is 16.8. The molecule has 0 heterocycles. The van der Waals surface area contributed by atoms with Crippen LogP contribution in [-0.4, -0.2) is 16.6 Å². The zero-order valence-corrected chi connectivity index (χ0v) is 16.4. The summed E-state index contributed by atoms with van der Waals surface area (Å²) >= 11 is 0. The summed E-state index contributed by atoms with van der Waals surface area (Å²) in [5, 5.41) is 0. The van der Waals surface area contributed by atoms with Crippen molar-refractivity contribution in [2.45, 2.75) is 39.3 Å². The van der Waals surface area contributed by atoms with Crippen LogP contribution in [0.2, 0.25) is 39.3 Å². The first-order chi connectivity index (χ1) is 10.2. The van der Waals surface area contributed by atoms with Crippen molar-refractivity contribution in [2.24, 2.45) is 0 Å². The third-order valence-electron chi connectivity index (χ3n) is 2.89. The minimum atomic E-state index is -1.73. The van der Waals surface area contributed by atoms with Crippen LogP contribution in [0.3, 0.4) is 0 Å². The van der Waals surface area contributed by atoms with Crippen LogP contribution >= 0.6 is 0 Å². The van der Waals surface area contributed by atoms with E-state index in [-0.39, 0.29) is 0 Å². The Hall–Kier alpha value is -1.53. The Kier molecular flexibility index (Phi) is 4.82. The monoisotopic (exact) mass is 330 g/mol. The quantitative estimate of drug-likeness (QED) is 0.647. The highest BCUT2D eigenvalue weighted by molar-refractivity contribution is 6.71. The summed E-state index contributed by atoms with van der Waals surface area (Å²) in [6.07, 6.45) is 0. The molecular weight excluding hydrogens is 304 g/mol. The van der Waals surface area contributed by atoms with Crippen LogP contribution < -0.4 is 8.85 Å². The summed E-state index contributed by atoms with van der Waals surface area (Å²) in [7, 11) is -3.43. The van der Waals surface area contributed by atoms with Crippen LogP contribution in [0.15, 0.2) is 48.5 Å². The fourth-order valence-electron chi connectivity index (χ4n) is 2.18. The van der Waals surface area contributed by atoms with Crippen molar-refractivity contribution in [3.63, 3.8) is 0 Å². The lowest BCUT2D eigenvalue weighted by Crippen LogP contribution is -2.32. The van der Waals surface area contributed by atoms with Crippen molar-refractivity contribution in [1.82, 2.24) is 0 Å². The zero-order chi connectivity index (χ0) is 16.4. The van der Waals surface area contributed by atoms with E-state index < -0.39 is 16.6 Å². The van der Waals surface area contributed by atoms with Gasteiger partial charge in [0.1, 0.15) is 5.75 Å². The highest BCUT2D eigenvalue weighted by Crippen LogP contribution is 2.40. The number of hydrogen-bond donors (Lipinski definition) is 0. The Balaban J connectivity index is 2.56. The van der Waals surface area contributed by atoms with Crippen molar-refractivity contribution in [1.29, 1.82) is 0 Å². The van der Waals surface area contributed by atoms with Gasteiger partial charge in [-0.25, -0.2) is 0 Å². The largest absolute Gasteiger partial charge is 0.542 e. The minimum Gasteiger partial charge on any atom is -0.542 e. The molecule has 118 valence electrons. The van der Waals surface area contributed by atoms with Gasteiger partial charge < -0.3 is 8.85 Å². The molecule has 0 saturated heterocycles. The molecular formula is C18H26O2Si2. The molecule has 0 spiro atoms. The molecule has 0 saturated carbocycles. The van der Waals surface area contributed by atoms with Crippen molar-refractivity contribution in [2.75, 3.05) is 0 Å². The van der Waals surface area contributed by atoms with Gasteiger partial charge in [0.15, 0.2) is 5.75 Å². The van der Waals surface area contributed by atoms with Gasteiger partial charge in [-0.2, -0.15) is 0 Å². The van der Waals surface area contributed by atoms with Crippen LogP contribution in [0.5, 0.6) is 11.5 Å². The van der Waals surface area contributed by atoms with Gasteiger partial charge in [-0.05, 0) is 50.9 Å². The van der Waals surface area contributed by atoms with Crippen LogP contribution in [0.1, 0.15) is 0 Å². The first-order valence-corrected chi connectivity index (χ1v) is 14.5. The highest BCUT2D eigenvalue weighted by Gasteiger charge is 2.25. The summed E-state index contributed by atoms with van der Waals surface area (Å²) in [6.45, 7) is 13.2. The van der Waals surface area contributed by atoms with Crippen molar-refractivity contribution >= 4 is 16.6 Å². The number of para-hydroxylation sites is 1. The van der Waals surface area contributed by atoms with Gasteiger partial charge in [-0.1, -0.05) is 42.5 Å². The van der Waals surface area contributed by atoms with E-state index >= 15 is 0 Å². The average Bonchev–Trinajstić information content (AvgIpc) is 2.38. The summed E-state index contributed by atoms with van der Waals surface area (Å²) in [6, 6.07) is 16.6. The SMILES string of the molecule is C[Si](C)(C)Oc1cccc(-c2ccccc2)c1O[Si](C)(C)C. The fourth-order valence-corrected chi connectivity index (χ4v) is 3.83. The normalized spacial score (nSPS) is 12.1. The molecule has 0 N–H and O–H groups in total. The standard InChI is InChI=1S/C18H26O2Si2/c1-21(2,3)19-17-14-10-13-16(15-11-8-7-9-12-15)18(17)20-22(4,5)6/h7-14H,1-6H3. The maximum absolute atomic E-state index is 6.40. The van der Waals surface area contributed by atoms with E-state index in [0.717, 1.165) is 22.6 Å². The molecule has 2 aromatic rings. The predicted octanol–water partition coefficient (Wildman–Crippen LogP) is 5.78. The second-order valence-electron chi connectivity index (χ2n) is 7.43. The van der Waals surface area contributed by atoms with Crippen LogP contribution in [0.25, 0.3) is 11.1 Å². The second-order valence-corrected chi connectivity index (χ2v) is 16.3. The summed E-state index contributed by atoms with van der Waals surface area (Å²) < 4.78 is 12.7. The lowest BCUT2D eigenvalue weighted by Gasteiger charge is -2.27. The molecule has 22 heavy (non-hydrogen) atoms. The lowest BCUT2D eigenvalue weighted by molar-refractivity contribution is 0.490. The topological polar surface area (TPSA) is 18.5 Å². The predicted molar refractivity (Wildman–Crippen MR) is 99.8 cm³/mol. The van der Waals surface area contributed by atoms with Crippen LogP contribution in [-0.2, 0) is 0 Å². The molecule has 0 bridgehead atoms. The van der Waals surface area contributed by atoms with Crippen LogP contribution in [0, 0.1) is 0 Å². The van der Waals surface area contributed by atoms with E-state index in [2.05, 4.69) is 75.7 Å². The smallest absolute Gasteiger partial charge is 0.242 e. The van der Waals surface area contributed by atoms with E-state index in [1.165, 1.54) is 0 Å². The maximum atomic E-state index is 6.40. The Morgan fingerprint density at radius 2 is 1.23 bits per heavy atom. The van der Waals surface area contributed by atoms with Gasteiger partial charge in [0.25, 0.3) is 0 Å². The summed E-state index contributed by atoms with van der Waals surface area (Å²) in [5.41, 5.74) is 2.27. The zero-order valence-electron chi connectivity index (χ0n) is 14.4. The van der Waals surface area contributed by atoms with Crippen molar-refractivity contribution < 1.29 is 8.85 Å². The van der Waals surface area contributed by atoms with E-state index in [1.807, 2.05) is 12.1 Å². The number of hydrogen-bond acceptors (Lipinski definition) is 2. The average molecular weight is 331 g/mol. The molecule has 4 heteroatoms. The fraction of sp³-hybridized carbons (Fsp3) is 0.333. The van der Waals surface area contributed by atoms with E-state index in [9.17, 15) is 0 Å². The molecule has 0 aromatic heterocycles. The molecule has 2 nitrogen and oxygen atoms in total. The highest BCUT2D eigenvalue weighted by atomic mass is 28.4. The number of benzene rings is 2. The Labute approximate surface area is 136 Å². The summed E-state index contributed by atoms with van der Waals surface area (Å²) in [5.74, 6) is 1.78. The van der Waals surface area contributed by atoms with E-state index in [1.54, 1.807) is 0 Å². The maximum Gasteiger partial charge on any atom is 0.242 e. The molecule has 0 atom stereocenters. The van der Waals surface area contributed by atoms with E-state index in [4.69, 9.17) is 8.85 Å². The Bertz CT molecular complexity index is 626. The third-order valence-corrected chi connectivity index (χ3v) is 4.54. The molecule has 0 radical (unpaired) electrons. The molecule has 2 rings (SSSR count). The lowest BCUT2D eigenvalue weighted by atomic mass is 10.0. The summed E-state index contributed by atoms with van der Waals surface area (Å²) in [4.78, 5) is 0. The van der Waals surface area contributed by atoms with Gasteiger partial charge in [-0.3, -0.25) is 0 Å². The molecule has 0 unspecified atom stereocenters. The Morgan fingerprint density at radius 1 is 0.636 bits per heavy atom. The molecule has 0 fully saturated rings. The van der Waals surface area contributed by atoms with Crippen molar-refractivity contribution in [3.8, 4) is 22.6 Å². The van der Waals surface area contributed by atoms with Crippen molar-refractivity contribution in [3.05, 3.63) is 48.5 Å².